The molecule has 26 heavy (non-hydrogen) atoms. The fourth-order valence-electron chi connectivity index (χ4n) is 3.66. The molecule has 1 heterocycles. The molecule has 138 valence electrons. The van der Waals surface area contributed by atoms with Gasteiger partial charge in [0.1, 0.15) is 0 Å². The fraction of sp³-hybridized carbons (Fsp3) is 0.409. The molecule has 3 rings (SSSR count). The summed E-state index contributed by atoms with van der Waals surface area (Å²) in [5.41, 5.74) is 6.57. The summed E-state index contributed by atoms with van der Waals surface area (Å²) >= 11 is 5.75. The van der Waals surface area contributed by atoms with Crippen molar-refractivity contribution in [3.8, 4) is 0 Å². The Kier molecular flexibility index (Phi) is 6.15. The van der Waals surface area contributed by atoms with Gasteiger partial charge in [0, 0.05) is 37.6 Å². The first-order valence-electron chi connectivity index (χ1n) is 9.61. The molecule has 0 aromatic heterocycles. The van der Waals surface area contributed by atoms with Crippen LogP contribution in [0.15, 0.2) is 42.5 Å². The van der Waals surface area contributed by atoms with Crippen LogP contribution < -0.4 is 10.2 Å². The van der Waals surface area contributed by atoms with E-state index in [0.717, 1.165) is 44.1 Å². The zero-order chi connectivity index (χ0) is 18.5. The Hall–Kier alpha value is -2.07. The number of nitrogens with one attached hydrogen (secondary N) is 1. The molecule has 1 aliphatic heterocycles. The van der Waals surface area contributed by atoms with Crippen LogP contribution in [-0.2, 0) is 12.8 Å². The number of anilines is 2. The van der Waals surface area contributed by atoms with Gasteiger partial charge in [0.25, 0.3) is 0 Å². The van der Waals surface area contributed by atoms with Gasteiger partial charge in [-0.25, -0.2) is 0 Å². The molecular weight excluding hydrogens is 338 g/mol. The first kappa shape index (κ1) is 18.7. The van der Waals surface area contributed by atoms with Gasteiger partial charge in [0.05, 0.1) is 0 Å². The minimum atomic E-state index is 0.852. The summed E-state index contributed by atoms with van der Waals surface area (Å²) < 4.78 is 0. The van der Waals surface area contributed by atoms with Crippen molar-refractivity contribution < 1.29 is 0 Å². The van der Waals surface area contributed by atoms with Crippen molar-refractivity contribution in [2.75, 3.05) is 36.4 Å². The first-order valence-corrected chi connectivity index (χ1v) is 10.0. The van der Waals surface area contributed by atoms with Crippen molar-refractivity contribution in [2.45, 2.75) is 33.6 Å². The fourth-order valence-corrected chi connectivity index (χ4v) is 3.94. The quantitative estimate of drug-likeness (QED) is 0.793. The molecule has 0 atom stereocenters. The van der Waals surface area contributed by atoms with Crippen molar-refractivity contribution in [3.63, 3.8) is 0 Å². The number of rotatable bonds is 4. The van der Waals surface area contributed by atoms with Gasteiger partial charge in [-0.3, -0.25) is 0 Å². The maximum absolute atomic E-state index is 5.75. The maximum atomic E-state index is 5.75. The second-order valence-corrected chi connectivity index (χ2v) is 7.24. The highest BCUT2D eigenvalue weighted by molar-refractivity contribution is 7.80. The molecule has 3 nitrogen and oxygen atoms in total. The van der Waals surface area contributed by atoms with Gasteiger partial charge in [-0.1, -0.05) is 50.2 Å². The standard InChI is InChI=1S/C22H29N3S/c1-4-18-10-8-11-19(5-2)21(18)23-22(26)25-15-13-24(14-16-25)20-12-7-6-9-17(20)3/h6-12H,4-5,13-16H2,1-3H3,(H,23,26). The Balaban J connectivity index is 1.66. The van der Waals surface area contributed by atoms with E-state index in [4.69, 9.17) is 12.2 Å². The van der Waals surface area contributed by atoms with Crippen LogP contribution in [0.5, 0.6) is 0 Å². The van der Waals surface area contributed by atoms with Crippen LogP contribution in [0.25, 0.3) is 0 Å². The van der Waals surface area contributed by atoms with Crippen molar-refractivity contribution in [1.29, 1.82) is 0 Å². The van der Waals surface area contributed by atoms with Crippen LogP contribution in [0.2, 0.25) is 0 Å². The molecule has 0 radical (unpaired) electrons. The van der Waals surface area contributed by atoms with Gasteiger partial charge < -0.3 is 15.1 Å². The van der Waals surface area contributed by atoms with E-state index in [2.05, 4.69) is 78.4 Å². The molecule has 2 aromatic carbocycles. The molecule has 0 amide bonds. The summed E-state index contributed by atoms with van der Waals surface area (Å²) in [7, 11) is 0. The third-order valence-electron chi connectivity index (χ3n) is 5.25. The molecule has 4 heteroatoms. The first-order chi connectivity index (χ1) is 12.6. The normalized spacial score (nSPS) is 14.4. The number of piperazine rings is 1. The topological polar surface area (TPSA) is 18.5 Å². The van der Waals surface area contributed by atoms with Gasteiger partial charge in [-0.05, 0) is 54.7 Å². The predicted molar refractivity (Wildman–Crippen MR) is 116 cm³/mol. The van der Waals surface area contributed by atoms with E-state index in [1.807, 2.05) is 0 Å². The Labute approximate surface area is 163 Å². The largest absolute Gasteiger partial charge is 0.368 e. The summed E-state index contributed by atoms with van der Waals surface area (Å²) in [6, 6.07) is 15.2. The van der Waals surface area contributed by atoms with Crippen molar-refractivity contribution in [1.82, 2.24) is 4.90 Å². The summed E-state index contributed by atoms with van der Waals surface area (Å²) in [5.74, 6) is 0. The Bertz CT molecular complexity index is 741. The van der Waals surface area contributed by atoms with Crippen LogP contribution in [0, 0.1) is 6.92 Å². The molecule has 1 saturated heterocycles. The van der Waals surface area contributed by atoms with Gasteiger partial charge in [-0.2, -0.15) is 0 Å². The minimum absolute atomic E-state index is 0.852. The van der Waals surface area contributed by atoms with Crippen molar-refractivity contribution in [2.24, 2.45) is 0 Å². The molecule has 0 unspecified atom stereocenters. The van der Waals surface area contributed by atoms with Gasteiger partial charge in [0.2, 0.25) is 0 Å². The van der Waals surface area contributed by atoms with Gasteiger partial charge in [0.15, 0.2) is 5.11 Å². The average molecular weight is 368 g/mol. The van der Waals surface area contributed by atoms with E-state index >= 15 is 0 Å². The number of para-hydroxylation sites is 2. The molecule has 2 aromatic rings. The second kappa shape index (κ2) is 8.54. The number of thiocarbonyl (C=S) groups is 1. The zero-order valence-corrected chi connectivity index (χ0v) is 16.9. The summed E-state index contributed by atoms with van der Waals surface area (Å²) in [6.07, 6.45) is 2.03. The molecular formula is C22H29N3S. The lowest BCUT2D eigenvalue weighted by Gasteiger charge is -2.38. The van der Waals surface area contributed by atoms with E-state index in [-0.39, 0.29) is 0 Å². The van der Waals surface area contributed by atoms with E-state index in [0.29, 0.717) is 0 Å². The molecule has 0 aliphatic carbocycles. The van der Waals surface area contributed by atoms with E-state index in [9.17, 15) is 0 Å². The highest BCUT2D eigenvalue weighted by atomic mass is 32.1. The monoisotopic (exact) mass is 367 g/mol. The molecule has 1 aliphatic rings. The van der Waals surface area contributed by atoms with Crippen molar-refractivity contribution >= 4 is 28.7 Å². The Morgan fingerprint density at radius 3 is 2.12 bits per heavy atom. The third kappa shape index (κ3) is 4.01. The lowest BCUT2D eigenvalue weighted by molar-refractivity contribution is 0.390. The van der Waals surface area contributed by atoms with Gasteiger partial charge in [-0.15, -0.1) is 0 Å². The summed E-state index contributed by atoms with van der Waals surface area (Å²) in [6.45, 7) is 10.5. The molecule has 1 fully saturated rings. The zero-order valence-electron chi connectivity index (χ0n) is 16.1. The second-order valence-electron chi connectivity index (χ2n) is 6.85. The third-order valence-corrected chi connectivity index (χ3v) is 5.61. The van der Waals surface area contributed by atoms with E-state index < -0.39 is 0 Å². The van der Waals surface area contributed by atoms with E-state index in [1.165, 1.54) is 28.1 Å². The van der Waals surface area contributed by atoms with Crippen LogP contribution >= 0.6 is 12.2 Å². The summed E-state index contributed by atoms with van der Waals surface area (Å²) in [5, 5.41) is 4.41. The van der Waals surface area contributed by atoms with E-state index in [1.54, 1.807) is 0 Å². The van der Waals surface area contributed by atoms with Crippen LogP contribution in [0.1, 0.15) is 30.5 Å². The molecule has 0 spiro atoms. The number of hydrogen-bond donors (Lipinski definition) is 1. The molecule has 0 bridgehead atoms. The Morgan fingerprint density at radius 1 is 0.923 bits per heavy atom. The Morgan fingerprint density at radius 2 is 1.54 bits per heavy atom. The van der Waals surface area contributed by atoms with Crippen molar-refractivity contribution in [3.05, 3.63) is 59.2 Å². The predicted octanol–water partition coefficient (Wildman–Crippen LogP) is 4.64. The number of aryl methyl sites for hydroxylation is 3. The highest BCUT2D eigenvalue weighted by Gasteiger charge is 2.21. The number of benzene rings is 2. The SMILES string of the molecule is CCc1cccc(CC)c1NC(=S)N1CCN(c2ccccc2C)CC1. The molecule has 1 N–H and O–H groups in total. The number of nitrogens with zero attached hydrogens (tertiary/aromatic N) is 2. The van der Waals surface area contributed by atoms with Crippen LogP contribution in [0.3, 0.4) is 0 Å². The van der Waals surface area contributed by atoms with Crippen LogP contribution in [-0.4, -0.2) is 36.2 Å². The minimum Gasteiger partial charge on any atom is -0.368 e. The number of hydrogen-bond acceptors (Lipinski definition) is 2. The average Bonchev–Trinajstić information content (AvgIpc) is 2.68. The lowest BCUT2D eigenvalue weighted by Crippen LogP contribution is -2.50. The lowest BCUT2D eigenvalue weighted by atomic mass is 10.0. The summed E-state index contributed by atoms with van der Waals surface area (Å²) in [4.78, 5) is 4.77. The van der Waals surface area contributed by atoms with Crippen LogP contribution in [0.4, 0.5) is 11.4 Å². The highest BCUT2D eigenvalue weighted by Crippen LogP contribution is 2.24. The maximum Gasteiger partial charge on any atom is 0.173 e. The molecule has 0 saturated carbocycles. The van der Waals surface area contributed by atoms with Gasteiger partial charge >= 0.3 is 0 Å². The smallest absolute Gasteiger partial charge is 0.173 e.